The van der Waals surface area contributed by atoms with Gasteiger partial charge in [0, 0.05) is 23.3 Å². The first-order chi connectivity index (χ1) is 8.00. The zero-order valence-corrected chi connectivity index (χ0v) is 11.6. The molecule has 17 heavy (non-hydrogen) atoms. The van der Waals surface area contributed by atoms with E-state index in [0.717, 1.165) is 15.6 Å². The molecule has 0 spiro atoms. The standard InChI is InChI=1S/C13H13BrN2O/c1-8-6-10(7-9(2)12(8)14)13(17)11-4-5-15-16(11)3/h4-7H,1-3H3. The molecule has 2 rings (SSSR count). The van der Waals surface area contributed by atoms with E-state index < -0.39 is 0 Å². The van der Waals surface area contributed by atoms with Crippen LogP contribution in [-0.4, -0.2) is 15.6 Å². The molecule has 88 valence electrons. The summed E-state index contributed by atoms with van der Waals surface area (Å²) >= 11 is 3.50. The number of hydrogen-bond donors (Lipinski definition) is 0. The van der Waals surface area contributed by atoms with Crippen molar-refractivity contribution in [3.63, 3.8) is 0 Å². The van der Waals surface area contributed by atoms with Gasteiger partial charge in [-0.3, -0.25) is 9.48 Å². The molecule has 0 amide bonds. The van der Waals surface area contributed by atoms with Crippen LogP contribution in [0, 0.1) is 13.8 Å². The molecule has 1 aromatic heterocycles. The number of halogens is 1. The number of rotatable bonds is 2. The van der Waals surface area contributed by atoms with Crippen LogP contribution in [-0.2, 0) is 7.05 Å². The van der Waals surface area contributed by atoms with E-state index in [9.17, 15) is 4.79 Å². The average molecular weight is 293 g/mol. The minimum atomic E-state index is 0.00343. The van der Waals surface area contributed by atoms with Crippen LogP contribution in [0.25, 0.3) is 0 Å². The van der Waals surface area contributed by atoms with Gasteiger partial charge in [0.25, 0.3) is 0 Å². The van der Waals surface area contributed by atoms with Gasteiger partial charge in [0.05, 0.1) is 0 Å². The van der Waals surface area contributed by atoms with Crippen LogP contribution in [0.5, 0.6) is 0 Å². The molecule has 1 aromatic carbocycles. The highest BCUT2D eigenvalue weighted by molar-refractivity contribution is 9.10. The molecule has 3 nitrogen and oxygen atoms in total. The maximum absolute atomic E-state index is 12.3. The molecule has 0 saturated heterocycles. The van der Waals surface area contributed by atoms with Crippen LogP contribution in [0.2, 0.25) is 0 Å². The largest absolute Gasteiger partial charge is 0.287 e. The number of nitrogens with zero attached hydrogens (tertiary/aromatic N) is 2. The van der Waals surface area contributed by atoms with Crippen molar-refractivity contribution in [1.29, 1.82) is 0 Å². The Hall–Kier alpha value is -1.42. The zero-order chi connectivity index (χ0) is 12.6. The summed E-state index contributed by atoms with van der Waals surface area (Å²) in [6, 6.07) is 5.52. The van der Waals surface area contributed by atoms with E-state index in [2.05, 4.69) is 21.0 Å². The van der Waals surface area contributed by atoms with Crippen LogP contribution in [0.1, 0.15) is 27.2 Å². The normalized spacial score (nSPS) is 10.6. The number of aromatic nitrogens is 2. The van der Waals surface area contributed by atoms with Crippen molar-refractivity contribution in [2.45, 2.75) is 13.8 Å². The van der Waals surface area contributed by atoms with E-state index in [4.69, 9.17) is 0 Å². The minimum Gasteiger partial charge on any atom is -0.287 e. The number of carbonyl (C=O) groups excluding carboxylic acids is 1. The van der Waals surface area contributed by atoms with Crippen molar-refractivity contribution in [1.82, 2.24) is 9.78 Å². The highest BCUT2D eigenvalue weighted by Gasteiger charge is 2.14. The van der Waals surface area contributed by atoms with E-state index in [0.29, 0.717) is 11.3 Å². The van der Waals surface area contributed by atoms with E-state index in [-0.39, 0.29) is 5.78 Å². The first-order valence-electron chi connectivity index (χ1n) is 5.30. The first kappa shape index (κ1) is 12.0. The molecular formula is C13H13BrN2O. The molecule has 0 aliphatic rings. The van der Waals surface area contributed by atoms with Crippen molar-refractivity contribution < 1.29 is 4.79 Å². The summed E-state index contributed by atoms with van der Waals surface area (Å²) in [5.74, 6) is 0.00343. The second-order valence-electron chi connectivity index (χ2n) is 4.09. The highest BCUT2D eigenvalue weighted by Crippen LogP contribution is 2.23. The molecule has 0 fully saturated rings. The van der Waals surface area contributed by atoms with Crippen LogP contribution >= 0.6 is 15.9 Å². The van der Waals surface area contributed by atoms with Gasteiger partial charge in [-0.15, -0.1) is 0 Å². The van der Waals surface area contributed by atoms with E-state index >= 15 is 0 Å². The van der Waals surface area contributed by atoms with Gasteiger partial charge in [0.2, 0.25) is 5.78 Å². The molecule has 0 radical (unpaired) electrons. The Morgan fingerprint density at radius 2 is 1.88 bits per heavy atom. The molecule has 0 bridgehead atoms. The van der Waals surface area contributed by atoms with Crippen molar-refractivity contribution in [3.8, 4) is 0 Å². The van der Waals surface area contributed by atoms with Gasteiger partial charge in [-0.05, 0) is 43.2 Å². The van der Waals surface area contributed by atoms with E-state index in [1.807, 2.05) is 26.0 Å². The monoisotopic (exact) mass is 292 g/mol. The Morgan fingerprint density at radius 3 is 2.35 bits per heavy atom. The Morgan fingerprint density at radius 1 is 1.29 bits per heavy atom. The number of ketones is 1. The number of carbonyl (C=O) groups is 1. The summed E-state index contributed by atoms with van der Waals surface area (Å²) in [6.07, 6.45) is 1.63. The number of hydrogen-bond acceptors (Lipinski definition) is 2. The second kappa shape index (κ2) is 4.45. The lowest BCUT2D eigenvalue weighted by Crippen LogP contribution is -2.08. The fraction of sp³-hybridized carbons (Fsp3) is 0.231. The molecule has 1 heterocycles. The van der Waals surface area contributed by atoms with Gasteiger partial charge in [0.15, 0.2) is 0 Å². The van der Waals surface area contributed by atoms with Crippen LogP contribution < -0.4 is 0 Å². The fourth-order valence-corrected chi connectivity index (χ4v) is 2.05. The molecular weight excluding hydrogens is 280 g/mol. The molecule has 4 heteroatoms. The summed E-state index contributed by atoms with van der Waals surface area (Å²) < 4.78 is 2.65. The SMILES string of the molecule is Cc1cc(C(=O)c2ccnn2C)cc(C)c1Br. The predicted octanol–water partition coefficient (Wildman–Crippen LogP) is 3.03. The molecule has 0 saturated carbocycles. The minimum absolute atomic E-state index is 0.00343. The summed E-state index contributed by atoms with van der Waals surface area (Å²) in [5.41, 5.74) is 3.43. The van der Waals surface area contributed by atoms with Crippen LogP contribution in [0.3, 0.4) is 0 Å². The maximum Gasteiger partial charge on any atom is 0.211 e. The zero-order valence-electron chi connectivity index (χ0n) is 9.99. The molecule has 2 aromatic rings. The van der Waals surface area contributed by atoms with Gasteiger partial charge in [0.1, 0.15) is 5.69 Å². The third-order valence-electron chi connectivity index (χ3n) is 2.75. The quantitative estimate of drug-likeness (QED) is 0.798. The molecule has 0 aliphatic carbocycles. The lowest BCUT2D eigenvalue weighted by molar-refractivity contribution is 0.103. The van der Waals surface area contributed by atoms with Gasteiger partial charge in [-0.25, -0.2) is 0 Å². The molecule has 0 atom stereocenters. The summed E-state index contributed by atoms with van der Waals surface area (Å²) in [5, 5.41) is 4.01. The van der Waals surface area contributed by atoms with Gasteiger partial charge < -0.3 is 0 Å². The topological polar surface area (TPSA) is 34.9 Å². The lowest BCUT2D eigenvalue weighted by atomic mass is 10.0. The third-order valence-corrected chi connectivity index (χ3v) is 4.00. The van der Waals surface area contributed by atoms with E-state index in [1.54, 1.807) is 24.0 Å². The van der Waals surface area contributed by atoms with Crippen LogP contribution in [0.4, 0.5) is 0 Å². The Labute approximate surface area is 109 Å². The van der Waals surface area contributed by atoms with E-state index in [1.165, 1.54) is 0 Å². The molecule has 0 aliphatic heterocycles. The second-order valence-corrected chi connectivity index (χ2v) is 4.89. The third kappa shape index (κ3) is 2.17. The molecule has 0 unspecified atom stereocenters. The average Bonchev–Trinajstić information content (AvgIpc) is 2.70. The number of aryl methyl sites for hydroxylation is 3. The Balaban J connectivity index is 2.49. The highest BCUT2D eigenvalue weighted by atomic mass is 79.9. The maximum atomic E-state index is 12.3. The summed E-state index contributed by atoms with van der Waals surface area (Å²) in [6.45, 7) is 3.97. The van der Waals surface area contributed by atoms with Crippen molar-refractivity contribution >= 4 is 21.7 Å². The Kier molecular flexibility index (Phi) is 3.15. The van der Waals surface area contributed by atoms with Gasteiger partial charge >= 0.3 is 0 Å². The van der Waals surface area contributed by atoms with Gasteiger partial charge in [-0.1, -0.05) is 15.9 Å². The lowest BCUT2D eigenvalue weighted by Gasteiger charge is -2.07. The fourth-order valence-electron chi connectivity index (χ4n) is 1.82. The van der Waals surface area contributed by atoms with Crippen molar-refractivity contribution in [2.75, 3.05) is 0 Å². The van der Waals surface area contributed by atoms with Crippen molar-refractivity contribution in [2.24, 2.45) is 7.05 Å². The number of benzene rings is 1. The summed E-state index contributed by atoms with van der Waals surface area (Å²) in [7, 11) is 1.77. The first-order valence-corrected chi connectivity index (χ1v) is 6.09. The molecule has 0 N–H and O–H groups in total. The van der Waals surface area contributed by atoms with Gasteiger partial charge in [-0.2, -0.15) is 5.10 Å². The van der Waals surface area contributed by atoms with Crippen LogP contribution in [0.15, 0.2) is 28.9 Å². The summed E-state index contributed by atoms with van der Waals surface area (Å²) in [4.78, 5) is 12.3. The Bertz CT molecular complexity index is 564. The smallest absolute Gasteiger partial charge is 0.211 e. The predicted molar refractivity (Wildman–Crippen MR) is 70.3 cm³/mol. The van der Waals surface area contributed by atoms with Crippen molar-refractivity contribution in [3.05, 3.63) is 51.3 Å².